The molecule has 5 heteroatoms. The van der Waals surface area contributed by atoms with Crippen LogP contribution in [-0.4, -0.2) is 15.9 Å². The third kappa shape index (κ3) is 4.41. The molecule has 0 spiro atoms. The van der Waals surface area contributed by atoms with Crippen molar-refractivity contribution in [3.05, 3.63) is 88.7 Å². The van der Waals surface area contributed by atoms with Crippen LogP contribution in [0.1, 0.15) is 34.9 Å². The van der Waals surface area contributed by atoms with Gasteiger partial charge in [-0.05, 0) is 66.8 Å². The molecule has 2 aromatic heterocycles. The Kier molecular flexibility index (Phi) is 5.91. The van der Waals surface area contributed by atoms with E-state index in [1.807, 2.05) is 30.3 Å². The lowest BCUT2D eigenvalue weighted by atomic mass is 10.0. The number of aromatic nitrogens is 2. The summed E-state index contributed by atoms with van der Waals surface area (Å²) >= 11 is 1.56. The second-order valence-electron chi connectivity index (χ2n) is 7.55. The van der Waals surface area contributed by atoms with Gasteiger partial charge in [0.05, 0.1) is 28.9 Å². The maximum absolute atomic E-state index is 13.4. The topological polar surface area (TPSA) is 46.1 Å². The molecule has 4 nitrogen and oxygen atoms in total. The zero-order valence-corrected chi connectivity index (χ0v) is 18.4. The van der Waals surface area contributed by atoms with E-state index in [0.29, 0.717) is 13.0 Å². The molecule has 0 aliphatic rings. The van der Waals surface area contributed by atoms with Gasteiger partial charge in [0.25, 0.3) is 0 Å². The van der Waals surface area contributed by atoms with Crippen molar-refractivity contribution in [3.8, 4) is 0 Å². The van der Waals surface area contributed by atoms with E-state index in [0.717, 1.165) is 33.0 Å². The summed E-state index contributed by atoms with van der Waals surface area (Å²) in [5.74, 6) is 0.0266. The second kappa shape index (κ2) is 8.76. The molecule has 0 N–H and O–H groups in total. The predicted molar refractivity (Wildman–Crippen MR) is 124 cm³/mol. The molecule has 0 bridgehead atoms. The highest BCUT2D eigenvalue weighted by atomic mass is 32.1. The summed E-state index contributed by atoms with van der Waals surface area (Å²) < 4.78 is 1.11. The van der Waals surface area contributed by atoms with Crippen molar-refractivity contribution in [1.29, 1.82) is 0 Å². The van der Waals surface area contributed by atoms with Gasteiger partial charge in [0.2, 0.25) is 5.91 Å². The van der Waals surface area contributed by atoms with E-state index in [2.05, 4.69) is 50.0 Å². The van der Waals surface area contributed by atoms with Crippen LogP contribution < -0.4 is 4.90 Å². The summed E-state index contributed by atoms with van der Waals surface area (Å²) in [6.45, 7) is 6.71. The van der Waals surface area contributed by atoms with Crippen molar-refractivity contribution in [1.82, 2.24) is 9.97 Å². The fraction of sp³-hybridized carbons (Fsp3) is 0.240. The average Bonchev–Trinajstić information content (AvgIpc) is 3.18. The van der Waals surface area contributed by atoms with Crippen LogP contribution in [0, 0.1) is 13.8 Å². The second-order valence-corrected chi connectivity index (χ2v) is 8.56. The van der Waals surface area contributed by atoms with E-state index in [1.165, 1.54) is 16.7 Å². The lowest BCUT2D eigenvalue weighted by Crippen LogP contribution is -2.32. The Labute approximate surface area is 181 Å². The SMILES string of the molecule is CCc1ccc2nc(N(Cc3ccccn3)C(=O)Cc3ccc(C)c(C)c3)sc2c1. The van der Waals surface area contributed by atoms with E-state index < -0.39 is 0 Å². The van der Waals surface area contributed by atoms with Gasteiger partial charge < -0.3 is 0 Å². The minimum Gasteiger partial charge on any atom is -0.282 e. The highest BCUT2D eigenvalue weighted by molar-refractivity contribution is 7.22. The Morgan fingerprint density at radius 1 is 1.00 bits per heavy atom. The molecule has 152 valence electrons. The highest BCUT2D eigenvalue weighted by Crippen LogP contribution is 2.31. The third-order valence-electron chi connectivity index (χ3n) is 5.35. The zero-order valence-electron chi connectivity index (χ0n) is 17.6. The molecule has 2 aromatic carbocycles. The van der Waals surface area contributed by atoms with Crippen LogP contribution in [0.5, 0.6) is 0 Å². The number of benzene rings is 2. The number of carbonyl (C=O) groups excluding carboxylic acids is 1. The number of thiazole rings is 1. The van der Waals surface area contributed by atoms with Gasteiger partial charge in [0.15, 0.2) is 5.13 Å². The van der Waals surface area contributed by atoms with E-state index in [4.69, 9.17) is 4.98 Å². The van der Waals surface area contributed by atoms with Crippen LogP contribution in [0.4, 0.5) is 5.13 Å². The number of nitrogens with zero attached hydrogens (tertiary/aromatic N) is 3. The zero-order chi connectivity index (χ0) is 21.1. The number of pyridine rings is 1. The van der Waals surface area contributed by atoms with Gasteiger partial charge in [-0.3, -0.25) is 14.7 Å². The standard InChI is InChI=1S/C25H25N3OS/c1-4-19-10-11-22-23(14-19)30-25(27-22)28(16-21-7-5-6-12-26-21)24(29)15-20-9-8-17(2)18(3)13-20/h5-14H,4,15-16H2,1-3H3. The summed E-state index contributed by atoms with van der Waals surface area (Å²) in [6, 6.07) is 18.3. The highest BCUT2D eigenvalue weighted by Gasteiger charge is 2.21. The van der Waals surface area contributed by atoms with Crippen molar-refractivity contribution in [2.75, 3.05) is 4.90 Å². The molecule has 0 aliphatic heterocycles. The monoisotopic (exact) mass is 415 g/mol. The Hall–Kier alpha value is -3.05. The lowest BCUT2D eigenvalue weighted by molar-refractivity contribution is -0.118. The quantitative estimate of drug-likeness (QED) is 0.409. The number of amides is 1. The Bertz CT molecular complexity index is 1180. The summed E-state index contributed by atoms with van der Waals surface area (Å²) in [5, 5.41) is 0.720. The molecule has 0 radical (unpaired) electrons. The number of aryl methyl sites for hydroxylation is 3. The number of fused-ring (bicyclic) bond motifs is 1. The predicted octanol–water partition coefficient (Wildman–Crippen LogP) is 5.65. The van der Waals surface area contributed by atoms with Crippen molar-refractivity contribution in [2.24, 2.45) is 0 Å². The molecule has 0 aliphatic carbocycles. The molecule has 1 amide bonds. The minimum absolute atomic E-state index is 0.0266. The number of hydrogen-bond donors (Lipinski definition) is 0. The molecule has 2 heterocycles. The van der Waals surface area contributed by atoms with Gasteiger partial charge in [-0.1, -0.05) is 48.6 Å². The summed E-state index contributed by atoms with van der Waals surface area (Å²) in [6.07, 6.45) is 3.07. The fourth-order valence-corrected chi connectivity index (χ4v) is 4.44. The van der Waals surface area contributed by atoms with Crippen LogP contribution in [0.25, 0.3) is 10.2 Å². The summed E-state index contributed by atoms with van der Waals surface area (Å²) in [5.41, 5.74) is 6.49. The number of hydrogen-bond acceptors (Lipinski definition) is 4. The molecule has 0 saturated heterocycles. The van der Waals surface area contributed by atoms with Crippen LogP contribution in [0.15, 0.2) is 60.8 Å². The lowest BCUT2D eigenvalue weighted by Gasteiger charge is -2.20. The Morgan fingerprint density at radius 3 is 2.57 bits per heavy atom. The molecule has 0 atom stereocenters. The Morgan fingerprint density at radius 2 is 1.83 bits per heavy atom. The first kappa shape index (κ1) is 20.2. The largest absolute Gasteiger partial charge is 0.282 e. The van der Waals surface area contributed by atoms with Gasteiger partial charge in [-0.25, -0.2) is 4.98 Å². The molecule has 0 saturated carbocycles. The van der Waals surface area contributed by atoms with E-state index in [-0.39, 0.29) is 5.91 Å². The van der Waals surface area contributed by atoms with Crippen LogP contribution in [0.3, 0.4) is 0 Å². The molecular formula is C25H25N3OS. The van der Waals surface area contributed by atoms with Crippen molar-refractivity contribution >= 4 is 32.6 Å². The maximum atomic E-state index is 13.4. The smallest absolute Gasteiger partial charge is 0.233 e. The van der Waals surface area contributed by atoms with Crippen molar-refractivity contribution in [3.63, 3.8) is 0 Å². The van der Waals surface area contributed by atoms with Gasteiger partial charge in [-0.15, -0.1) is 0 Å². The molecule has 0 unspecified atom stereocenters. The van der Waals surface area contributed by atoms with Gasteiger partial charge in [-0.2, -0.15) is 0 Å². The number of rotatable bonds is 6. The van der Waals surface area contributed by atoms with E-state index in [9.17, 15) is 4.79 Å². The first-order valence-electron chi connectivity index (χ1n) is 10.2. The first-order valence-corrected chi connectivity index (χ1v) is 11.0. The molecule has 4 rings (SSSR count). The van der Waals surface area contributed by atoms with E-state index >= 15 is 0 Å². The van der Waals surface area contributed by atoms with Crippen LogP contribution in [0.2, 0.25) is 0 Å². The number of carbonyl (C=O) groups is 1. The average molecular weight is 416 g/mol. The van der Waals surface area contributed by atoms with Crippen molar-refractivity contribution < 1.29 is 4.79 Å². The third-order valence-corrected chi connectivity index (χ3v) is 6.40. The first-order chi connectivity index (χ1) is 14.5. The molecule has 4 aromatic rings. The fourth-order valence-electron chi connectivity index (χ4n) is 3.39. The summed E-state index contributed by atoms with van der Waals surface area (Å²) in [4.78, 5) is 24.3. The minimum atomic E-state index is 0.0266. The maximum Gasteiger partial charge on any atom is 0.233 e. The van der Waals surface area contributed by atoms with E-state index in [1.54, 1.807) is 22.4 Å². The molecular weight excluding hydrogens is 390 g/mol. The Balaban J connectivity index is 1.68. The van der Waals surface area contributed by atoms with Crippen LogP contribution in [-0.2, 0) is 24.2 Å². The normalized spacial score (nSPS) is 11.0. The summed E-state index contributed by atoms with van der Waals surface area (Å²) in [7, 11) is 0. The van der Waals surface area contributed by atoms with Crippen molar-refractivity contribution in [2.45, 2.75) is 40.2 Å². The molecule has 30 heavy (non-hydrogen) atoms. The number of anilines is 1. The molecule has 0 fully saturated rings. The van der Waals surface area contributed by atoms with Gasteiger partial charge in [0.1, 0.15) is 0 Å². The van der Waals surface area contributed by atoms with Crippen LogP contribution >= 0.6 is 11.3 Å². The van der Waals surface area contributed by atoms with Gasteiger partial charge >= 0.3 is 0 Å². The van der Waals surface area contributed by atoms with Gasteiger partial charge in [0, 0.05) is 6.20 Å².